The number of Topliss-reactive ketones (excluding diaryl/α,β-unsaturated/α-hetero) is 1. The van der Waals surface area contributed by atoms with Crippen LogP contribution >= 0.6 is 0 Å². The Hall–Kier alpha value is -1.43. The lowest BCUT2D eigenvalue weighted by molar-refractivity contribution is -0.162. The number of hydrogen-bond donors (Lipinski definition) is 0. The summed E-state index contributed by atoms with van der Waals surface area (Å²) < 4.78 is 15.1. The van der Waals surface area contributed by atoms with Crippen LogP contribution in [-0.4, -0.2) is 43.1 Å². The topological polar surface area (TPSA) is 78.9 Å². The van der Waals surface area contributed by atoms with E-state index in [9.17, 15) is 14.4 Å². The smallest absolute Gasteiger partial charge is 0.313 e. The van der Waals surface area contributed by atoms with E-state index in [1.807, 2.05) is 0 Å². The fraction of sp³-hybridized carbons (Fsp3) is 0.750. The number of carbonyl (C=O) groups excluding carboxylic acids is 3. The van der Waals surface area contributed by atoms with Gasteiger partial charge in [-0.2, -0.15) is 0 Å². The third-order valence-corrected chi connectivity index (χ3v) is 4.01. The highest BCUT2D eigenvalue weighted by atomic mass is 16.6. The first-order chi connectivity index (χ1) is 8.30. The second-order valence-corrected chi connectivity index (χ2v) is 5.12. The minimum absolute atomic E-state index is 0.108. The van der Waals surface area contributed by atoms with E-state index >= 15 is 0 Å². The number of methoxy groups -OCH3 is 2. The lowest BCUT2D eigenvalue weighted by atomic mass is 9.67. The van der Waals surface area contributed by atoms with Gasteiger partial charge in [0, 0.05) is 6.42 Å². The first kappa shape index (κ1) is 13.0. The van der Waals surface area contributed by atoms with Gasteiger partial charge in [-0.05, 0) is 13.8 Å². The van der Waals surface area contributed by atoms with Crippen molar-refractivity contribution < 1.29 is 28.6 Å². The molecule has 4 atom stereocenters. The molecule has 0 spiro atoms. The summed E-state index contributed by atoms with van der Waals surface area (Å²) in [5, 5.41) is 0. The molecule has 2 aliphatic rings. The summed E-state index contributed by atoms with van der Waals surface area (Å²) in [6, 6.07) is 0. The van der Waals surface area contributed by atoms with Crippen LogP contribution in [0.5, 0.6) is 0 Å². The van der Waals surface area contributed by atoms with Crippen molar-refractivity contribution in [2.45, 2.75) is 31.5 Å². The molecule has 2 heterocycles. The van der Waals surface area contributed by atoms with Gasteiger partial charge in [-0.25, -0.2) is 0 Å². The number of fused-ring (bicyclic) bond motifs is 2. The van der Waals surface area contributed by atoms with Crippen LogP contribution < -0.4 is 0 Å². The third kappa shape index (κ3) is 1.41. The maximum atomic E-state index is 12.0. The van der Waals surface area contributed by atoms with Crippen molar-refractivity contribution in [3.05, 3.63) is 0 Å². The minimum Gasteiger partial charge on any atom is -0.469 e. The molecule has 6 heteroatoms. The Labute approximate surface area is 105 Å². The zero-order valence-corrected chi connectivity index (χ0v) is 10.8. The van der Waals surface area contributed by atoms with Crippen molar-refractivity contribution in [3.8, 4) is 0 Å². The molecule has 0 radical (unpaired) electrons. The molecule has 2 fully saturated rings. The summed E-state index contributed by atoms with van der Waals surface area (Å²) in [5.74, 6) is -3.10. The summed E-state index contributed by atoms with van der Waals surface area (Å²) in [6.45, 7) is 3.19. The second-order valence-electron chi connectivity index (χ2n) is 5.12. The zero-order valence-electron chi connectivity index (χ0n) is 10.8. The Bertz CT molecular complexity index is 430. The van der Waals surface area contributed by atoms with Crippen molar-refractivity contribution >= 4 is 17.7 Å². The molecule has 100 valence electrons. The molecule has 2 aliphatic heterocycles. The van der Waals surface area contributed by atoms with E-state index in [4.69, 9.17) is 14.2 Å². The van der Waals surface area contributed by atoms with Gasteiger partial charge in [-0.3, -0.25) is 14.4 Å². The monoisotopic (exact) mass is 256 g/mol. The van der Waals surface area contributed by atoms with Gasteiger partial charge in [-0.15, -0.1) is 0 Å². The third-order valence-electron chi connectivity index (χ3n) is 4.01. The molecular formula is C12H16O6. The molecule has 0 aromatic heterocycles. The molecule has 0 saturated carbocycles. The quantitative estimate of drug-likeness (QED) is 0.651. The molecule has 0 amide bonds. The average molecular weight is 256 g/mol. The van der Waals surface area contributed by atoms with Crippen molar-refractivity contribution in [1.82, 2.24) is 0 Å². The van der Waals surface area contributed by atoms with E-state index < -0.39 is 35.0 Å². The predicted octanol–water partition coefficient (Wildman–Crippen LogP) is 0.0852. The highest BCUT2D eigenvalue weighted by Crippen LogP contribution is 2.56. The molecule has 2 bridgehead atoms. The van der Waals surface area contributed by atoms with Crippen LogP contribution in [0.25, 0.3) is 0 Å². The SMILES string of the molecule is COC(=O)[C@H]1[C@H](C(=O)OC)[C@]2(C)CC(=O)[C@]1(C)O2. The van der Waals surface area contributed by atoms with Crippen molar-refractivity contribution in [1.29, 1.82) is 0 Å². The molecule has 0 unspecified atom stereocenters. The highest BCUT2D eigenvalue weighted by Gasteiger charge is 2.72. The maximum Gasteiger partial charge on any atom is 0.313 e. The largest absolute Gasteiger partial charge is 0.469 e. The normalized spacial score (nSPS) is 41.9. The van der Waals surface area contributed by atoms with Gasteiger partial charge in [-0.1, -0.05) is 0 Å². The molecule has 0 aliphatic carbocycles. The lowest BCUT2D eigenvalue weighted by Crippen LogP contribution is -2.51. The fourth-order valence-electron chi connectivity index (χ4n) is 3.15. The molecule has 18 heavy (non-hydrogen) atoms. The summed E-state index contributed by atoms with van der Waals surface area (Å²) >= 11 is 0. The number of carbonyl (C=O) groups is 3. The predicted molar refractivity (Wildman–Crippen MR) is 58.5 cm³/mol. The number of rotatable bonds is 2. The van der Waals surface area contributed by atoms with E-state index in [1.54, 1.807) is 6.92 Å². The Morgan fingerprint density at radius 2 is 1.67 bits per heavy atom. The summed E-state index contributed by atoms with van der Waals surface area (Å²) in [6.07, 6.45) is 0.108. The average Bonchev–Trinajstić information content (AvgIpc) is 2.69. The Morgan fingerprint density at radius 1 is 1.17 bits per heavy atom. The number of ketones is 1. The van der Waals surface area contributed by atoms with Gasteiger partial charge < -0.3 is 14.2 Å². The fourth-order valence-corrected chi connectivity index (χ4v) is 3.15. The molecule has 6 nitrogen and oxygen atoms in total. The Morgan fingerprint density at radius 3 is 2.17 bits per heavy atom. The lowest BCUT2D eigenvalue weighted by Gasteiger charge is -2.31. The van der Waals surface area contributed by atoms with Crippen LogP contribution in [0.3, 0.4) is 0 Å². The van der Waals surface area contributed by atoms with E-state index in [-0.39, 0.29) is 12.2 Å². The van der Waals surface area contributed by atoms with Gasteiger partial charge >= 0.3 is 11.9 Å². The minimum atomic E-state index is -1.29. The Kier molecular flexibility index (Phi) is 2.73. The molecule has 0 N–H and O–H groups in total. The molecule has 0 aromatic rings. The van der Waals surface area contributed by atoms with E-state index in [0.29, 0.717) is 0 Å². The standard InChI is InChI=1S/C12H16O6/c1-11-5-6(13)12(2,18-11)8(10(15)17-4)7(11)9(14)16-3/h7-8H,5H2,1-4H3/t7-,8-,11+,12+/m1/s1. The van der Waals surface area contributed by atoms with Gasteiger partial charge in [0.05, 0.1) is 19.8 Å². The summed E-state index contributed by atoms with van der Waals surface area (Å²) in [7, 11) is 2.47. The maximum absolute atomic E-state index is 12.0. The van der Waals surface area contributed by atoms with Crippen LogP contribution in [0, 0.1) is 11.8 Å². The second kappa shape index (κ2) is 3.78. The van der Waals surface area contributed by atoms with Crippen molar-refractivity contribution in [3.63, 3.8) is 0 Å². The van der Waals surface area contributed by atoms with Crippen LogP contribution in [0.15, 0.2) is 0 Å². The Balaban J connectivity index is 2.49. The molecule has 0 aromatic carbocycles. The summed E-state index contributed by atoms with van der Waals surface area (Å²) in [4.78, 5) is 35.7. The van der Waals surface area contributed by atoms with Gasteiger partial charge in [0.2, 0.25) is 0 Å². The van der Waals surface area contributed by atoms with Crippen molar-refractivity contribution in [2.24, 2.45) is 11.8 Å². The number of ether oxygens (including phenoxy) is 3. The van der Waals surface area contributed by atoms with Crippen molar-refractivity contribution in [2.75, 3.05) is 14.2 Å². The highest BCUT2D eigenvalue weighted by molar-refractivity contribution is 6.00. The van der Waals surface area contributed by atoms with Gasteiger partial charge in [0.15, 0.2) is 5.78 Å². The van der Waals surface area contributed by atoms with Crippen LogP contribution in [0.2, 0.25) is 0 Å². The first-order valence-corrected chi connectivity index (χ1v) is 5.69. The summed E-state index contributed by atoms with van der Waals surface area (Å²) in [5.41, 5.74) is -2.28. The van der Waals surface area contributed by atoms with Gasteiger partial charge in [0.25, 0.3) is 0 Å². The van der Waals surface area contributed by atoms with E-state index in [1.165, 1.54) is 21.1 Å². The zero-order chi connectivity index (χ0) is 13.7. The van der Waals surface area contributed by atoms with E-state index in [2.05, 4.69) is 0 Å². The first-order valence-electron chi connectivity index (χ1n) is 5.69. The van der Waals surface area contributed by atoms with E-state index in [0.717, 1.165) is 0 Å². The van der Waals surface area contributed by atoms with Gasteiger partial charge in [0.1, 0.15) is 17.4 Å². The molecular weight excluding hydrogens is 240 g/mol. The van der Waals surface area contributed by atoms with Crippen LogP contribution in [-0.2, 0) is 28.6 Å². The molecule has 2 rings (SSSR count). The number of hydrogen-bond acceptors (Lipinski definition) is 6. The molecule has 2 saturated heterocycles. The van der Waals surface area contributed by atoms with Crippen LogP contribution in [0.1, 0.15) is 20.3 Å². The van der Waals surface area contributed by atoms with Crippen LogP contribution in [0.4, 0.5) is 0 Å². The number of esters is 2.